The Morgan fingerprint density at radius 3 is 2.38 bits per heavy atom. The Morgan fingerprint density at radius 2 is 1.69 bits per heavy atom. The molecule has 1 aromatic heterocycles. The van der Waals surface area contributed by atoms with Crippen LogP contribution < -0.4 is 29.3 Å². The van der Waals surface area contributed by atoms with Crippen LogP contribution in [0.2, 0.25) is 0 Å². The summed E-state index contributed by atoms with van der Waals surface area (Å²) in [7, 11) is 3.07. The van der Waals surface area contributed by atoms with Gasteiger partial charge in [-0.2, -0.15) is 0 Å². The first-order chi connectivity index (χ1) is 23.0. The van der Waals surface area contributed by atoms with E-state index in [2.05, 4.69) is 0 Å². The van der Waals surface area contributed by atoms with Crippen LogP contribution in [0.1, 0.15) is 44.4 Å². The molecule has 0 aliphatic carbocycles. The fourth-order valence-corrected chi connectivity index (χ4v) is 5.61. The number of anilines is 1. The normalized spacial score (nSPS) is 13.1. The highest BCUT2D eigenvalue weighted by Crippen LogP contribution is 2.44. The lowest BCUT2D eigenvalue weighted by atomic mass is 9.97. The number of halogens is 1. The third kappa shape index (κ3) is 6.36. The van der Waals surface area contributed by atoms with Crippen molar-refractivity contribution in [2.45, 2.75) is 46.3 Å². The number of methoxy groups -OCH3 is 1. The van der Waals surface area contributed by atoms with Gasteiger partial charge in [-0.3, -0.25) is 9.69 Å². The first-order valence-electron chi connectivity index (χ1n) is 15.5. The molecule has 0 unspecified atom stereocenters. The Balaban J connectivity index is 1.57. The van der Waals surface area contributed by atoms with Gasteiger partial charge in [0.15, 0.2) is 11.5 Å². The number of allylic oxidation sites excluding steroid dienone is 2. The molecule has 246 valence electrons. The summed E-state index contributed by atoms with van der Waals surface area (Å²) in [5, 5.41) is 0.478. The number of nitrogens with zero attached hydrogens (tertiary/aromatic N) is 1. The molecule has 1 aliphatic rings. The van der Waals surface area contributed by atoms with Crippen molar-refractivity contribution in [2.75, 3.05) is 19.1 Å². The summed E-state index contributed by atoms with van der Waals surface area (Å²) in [5.74, 6) is 0.727. The van der Waals surface area contributed by atoms with Gasteiger partial charge in [0.05, 0.1) is 18.1 Å². The molecule has 0 fully saturated rings. The van der Waals surface area contributed by atoms with E-state index in [-0.39, 0.29) is 57.0 Å². The maximum atomic E-state index is 14.7. The minimum absolute atomic E-state index is 0.0678. The van der Waals surface area contributed by atoms with E-state index in [0.717, 1.165) is 5.57 Å². The van der Waals surface area contributed by atoms with Crippen LogP contribution in [0.3, 0.4) is 0 Å². The summed E-state index contributed by atoms with van der Waals surface area (Å²) in [6, 6.07) is 18.2. The van der Waals surface area contributed by atoms with E-state index in [9.17, 15) is 14.0 Å². The van der Waals surface area contributed by atoms with Crippen LogP contribution >= 0.6 is 0 Å². The fourth-order valence-electron chi connectivity index (χ4n) is 5.61. The van der Waals surface area contributed by atoms with Crippen LogP contribution in [0.25, 0.3) is 28.0 Å². The molecule has 0 radical (unpaired) electrons. The number of ether oxygens (including phenoxy) is 4. The van der Waals surface area contributed by atoms with E-state index in [0.29, 0.717) is 34.5 Å². The van der Waals surface area contributed by atoms with E-state index in [4.69, 9.17) is 23.4 Å². The molecule has 0 spiro atoms. The Bertz CT molecular complexity index is 2140. The minimum Gasteiger partial charge on any atom is -0.493 e. The Hall–Kier alpha value is -5.57. The second-order valence-corrected chi connectivity index (χ2v) is 12.4. The first kappa shape index (κ1) is 32.4. The topological polar surface area (TPSA) is 87.4 Å². The SMILES string of the molecule is COc1c(OC(=O)N(C)c2ccccc2)cc2oc3cc4c(c(OCc5ccc(F)cc5)c3c(=O)c2c1CC=C(C)C)C=CC(C)(C)O4. The molecular formula is C39H36FNO7. The summed E-state index contributed by atoms with van der Waals surface area (Å²) in [4.78, 5) is 29.4. The standard InChI is InChI=1S/C39H36FNO7/c1-23(2)12-17-28-33-30(21-32(36(28)44-6)47-38(43)41(5)26-10-8-7-9-11-26)46-31-20-29-27(18-19-39(3,4)48-29)37(34(31)35(33)42)45-22-24-13-15-25(40)16-14-24/h7-16,18-21H,17,22H2,1-6H3. The van der Waals surface area contributed by atoms with Crippen LogP contribution in [-0.4, -0.2) is 25.9 Å². The summed E-state index contributed by atoms with van der Waals surface area (Å²) in [6.45, 7) is 7.81. The van der Waals surface area contributed by atoms with Crippen molar-refractivity contribution in [1.82, 2.24) is 0 Å². The zero-order valence-corrected chi connectivity index (χ0v) is 27.7. The summed E-state index contributed by atoms with van der Waals surface area (Å²) >= 11 is 0. The van der Waals surface area contributed by atoms with Gasteiger partial charge in [0.1, 0.15) is 46.1 Å². The number of hydrogen-bond donors (Lipinski definition) is 0. The van der Waals surface area contributed by atoms with Gasteiger partial charge in [-0.15, -0.1) is 0 Å². The monoisotopic (exact) mass is 649 g/mol. The number of benzene rings is 4. The van der Waals surface area contributed by atoms with E-state index >= 15 is 0 Å². The van der Waals surface area contributed by atoms with Gasteiger partial charge in [0.2, 0.25) is 5.43 Å². The maximum Gasteiger partial charge on any atom is 0.419 e. The molecule has 0 atom stereocenters. The lowest BCUT2D eigenvalue weighted by molar-refractivity contribution is 0.158. The summed E-state index contributed by atoms with van der Waals surface area (Å²) in [6.07, 6.45) is 5.37. The predicted octanol–water partition coefficient (Wildman–Crippen LogP) is 9.00. The van der Waals surface area contributed by atoms with Crippen LogP contribution in [-0.2, 0) is 13.0 Å². The zero-order chi connectivity index (χ0) is 34.2. The predicted molar refractivity (Wildman–Crippen MR) is 185 cm³/mol. The van der Waals surface area contributed by atoms with E-state index in [1.165, 1.54) is 30.2 Å². The maximum absolute atomic E-state index is 14.7. The molecule has 8 nitrogen and oxygen atoms in total. The highest BCUT2D eigenvalue weighted by molar-refractivity contribution is 6.00. The first-order valence-corrected chi connectivity index (χ1v) is 15.5. The van der Waals surface area contributed by atoms with E-state index in [1.807, 2.05) is 64.1 Å². The number of carbonyl (C=O) groups is 1. The molecular weight excluding hydrogens is 613 g/mol. The number of para-hydroxylation sites is 1. The van der Waals surface area contributed by atoms with Crippen molar-refractivity contribution >= 4 is 39.8 Å². The average Bonchev–Trinajstić information content (AvgIpc) is 3.05. The van der Waals surface area contributed by atoms with Crippen LogP contribution in [0.4, 0.5) is 14.9 Å². The Morgan fingerprint density at radius 1 is 0.979 bits per heavy atom. The molecule has 4 aromatic carbocycles. The molecule has 48 heavy (non-hydrogen) atoms. The molecule has 1 amide bonds. The average molecular weight is 650 g/mol. The summed E-state index contributed by atoms with van der Waals surface area (Å²) < 4.78 is 44.4. The summed E-state index contributed by atoms with van der Waals surface area (Å²) in [5.41, 5.74) is 2.90. The van der Waals surface area contributed by atoms with Crippen molar-refractivity contribution in [1.29, 1.82) is 0 Å². The largest absolute Gasteiger partial charge is 0.493 e. The molecule has 2 heterocycles. The minimum atomic E-state index is -0.650. The molecule has 6 rings (SSSR count). The molecule has 9 heteroatoms. The number of amides is 1. The van der Waals surface area contributed by atoms with Gasteiger partial charge in [-0.05, 0) is 76.1 Å². The lowest BCUT2D eigenvalue weighted by Crippen LogP contribution is -2.29. The molecule has 5 aromatic rings. The van der Waals surface area contributed by atoms with Gasteiger partial charge in [-0.25, -0.2) is 9.18 Å². The second kappa shape index (κ2) is 12.9. The van der Waals surface area contributed by atoms with Gasteiger partial charge >= 0.3 is 6.09 Å². The van der Waals surface area contributed by atoms with Gasteiger partial charge in [0.25, 0.3) is 0 Å². The Kier molecular flexibility index (Phi) is 8.71. The van der Waals surface area contributed by atoms with E-state index in [1.54, 1.807) is 37.4 Å². The zero-order valence-electron chi connectivity index (χ0n) is 27.7. The number of fused-ring (bicyclic) bond motifs is 3. The Labute approximate surface area is 277 Å². The lowest BCUT2D eigenvalue weighted by Gasteiger charge is -2.29. The second-order valence-electron chi connectivity index (χ2n) is 12.4. The fraction of sp³-hybridized carbons (Fsp3) is 0.231. The smallest absolute Gasteiger partial charge is 0.419 e. The van der Waals surface area contributed by atoms with E-state index < -0.39 is 11.7 Å². The molecule has 1 aliphatic heterocycles. The number of rotatable bonds is 8. The molecule has 0 saturated carbocycles. The van der Waals surface area contributed by atoms with Crippen LogP contribution in [0.15, 0.2) is 93.7 Å². The molecule has 0 bridgehead atoms. The van der Waals surface area contributed by atoms with Crippen molar-refractivity contribution in [2.24, 2.45) is 0 Å². The third-order valence-corrected chi connectivity index (χ3v) is 8.08. The number of carbonyl (C=O) groups excluding carboxylic acids is 1. The quantitative estimate of drug-likeness (QED) is 0.122. The highest BCUT2D eigenvalue weighted by atomic mass is 19.1. The highest BCUT2D eigenvalue weighted by Gasteiger charge is 2.30. The van der Waals surface area contributed by atoms with Crippen molar-refractivity contribution < 1.29 is 32.5 Å². The molecule has 0 N–H and O–H groups in total. The van der Waals surface area contributed by atoms with Crippen LogP contribution in [0.5, 0.6) is 23.0 Å². The van der Waals surface area contributed by atoms with Crippen molar-refractivity contribution in [3.05, 3.63) is 117 Å². The van der Waals surface area contributed by atoms with Gasteiger partial charge in [-0.1, -0.05) is 42.0 Å². The van der Waals surface area contributed by atoms with Crippen molar-refractivity contribution in [3.8, 4) is 23.0 Å². The van der Waals surface area contributed by atoms with Crippen LogP contribution in [0, 0.1) is 5.82 Å². The third-order valence-electron chi connectivity index (χ3n) is 8.08. The van der Waals surface area contributed by atoms with Gasteiger partial charge in [0, 0.05) is 30.4 Å². The molecule has 0 saturated heterocycles. The number of hydrogen-bond acceptors (Lipinski definition) is 7. The van der Waals surface area contributed by atoms with Gasteiger partial charge < -0.3 is 23.4 Å². The van der Waals surface area contributed by atoms with Crippen molar-refractivity contribution in [3.63, 3.8) is 0 Å².